The van der Waals surface area contributed by atoms with Gasteiger partial charge in [0.05, 0.1) is 0 Å². The van der Waals surface area contributed by atoms with Gasteiger partial charge in [0.2, 0.25) is 0 Å². The molecule has 0 N–H and O–H groups in total. The summed E-state index contributed by atoms with van der Waals surface area (Å²) in [5.41, 5.74) is 1.31. The molecule has 7 heavy (non-hydrogen) atoms. The quantitative estimate of drug-likeness (QED) is 0.576. The molecule has 0 atom stereocenters. The summed E-state index contributed by atoms with van der Waals surface area (Å²) in [5, 5.41) is 6.02. The molecule has 0 nitrogen and oxygen atoms in total. The van der Waals surface area contributed by atoms with Gasteiger partial charge >= 0.3 is 0 Å². The maximum Gasteiger partial charge on any atom is 0.0445 e. The van der Waals surface area contributed by atoms with E-state index in [1.807, 2.05) is 6.07 Å². The van der Waals surface area contributed by atoms with E-state index in [-0.39, 0.29) is 0 Å². The zero-order valence-electron chi connectivity index (χ0n) is 3.65. The second-order valence-electron chi connectivity index (χ2n) is 1.21. The molecule has 0 bridgehead atoms. The van der Waals surface area contributed by atoms with Gasteiger partial charge in [0.1, 0.15) is 0 Å². The molecule has 0 saturated heterocycles. The van der Waals surface area contributed by atoms with E-state index in [4.69, 9.17) is 0 Å². The summed E-state index contributed by atoms with van der Waals surface area (Å²) in [6.45, 7) is 0. The Bertz CT molecular complexity index is 123. The zero-order chi connectivity index (χ0) is 5.11. The number of halogens is 1. The van der Waals surface area contributed by atoms with Crippen LogP contribution in [-0.2, 0) is 5.33 Å². The largest absolute Gasteiger partial charge is 0.143 e. The molecule has 0 amide bonds. The first kappa shape index (κ1) is 5.32. The van der Waals surface area contributed by atoms with Crippen molar-refractivity contribution < 1.29 is 0 Å². The molecule has 0 saturated carbocycles. The third-order valence-corrected chi connectivity index (χ3v) is 2.00. The summed E-state index contributed by atoms with van der Waals surface area (Å²) < 4.78 is 0. The Morgan fingerprint density at radius 1 is 1.86 bits per heavy atom. The fourth-order valence-corrected chi connectivity index (χ4v) is 1.45. The number of alkyl halides is 1. The van der Waals surface area contributed by atoms with E-state index in [0.717, 1.165) is 5.33 Å². The first-order valence-corrected chi connectivity index (χ1v) is 3.93. The maximum absolute atomic E-state index is 3.32. The van der Waals surface area contributed by atoms with Gasteiger partial charge in [0.15, 0.2) is 0 Å². The fourth-order valence-electron chi connectivity index (χ4n) is 0.324. The molecule has 1 aromatic rings. The fraction of sp³-hybridized carbons (Fsp3) is 0.200. The van der Waals surface area contributed by atoms with Crippen LogP contribution < -0.4 is 0 Å². The summed E-state index contributed by atoms with van der Waals surface area (Å²) in [6, 6.07) is 1.99. The van der Waals surface area contributed by atoms with Gasteiger partial charge in [-0.2, -0.15) is 0 Å². The lowest BCUT2D eigenvalue weighted by molar-refractivity contribution is 1.51. The Kier molecular flexibility index (Phi) is 1.88. The van der Waals surface area contributed by atoms with Gasteiger partial charge < -0.3 is 0 Å². The number of hydrogen-bond acceptors (Lipinski definition) is 1. The van der Waals surface area contributed by atoms with Crippen LogP contribution in [0.1, 0.15) is 5.56 Å². The lowest BCUT2D eigenvalue weighted by Gasteiger charge is -1.76. The molecule has 1 aromatic heterocycles. The standard InChI is InChI=1S/C5H4BrS/c6-3-5-1-2-7-4-5/h1,4H,3H2. The van der Waals surface area contributed by atoms with Crippen molar-refractivity contribution in [3.63, 3.8) is 0 Å². The van der Waals surface area contributed by atoms with Crippen molar-refractivity contribution in [3.8, 4) is 0 Å². The summed E-state index contributed by atoms with van der Waals surface area (Å²) in [7, 11) is 0. The Balaban J connectivity index is 2.76. The highest BCUT2D eigenvalue weighted by Crippen LogP contribution is 2.07. The first-order chi connectivity index (χ1) is 3.43. The molecule has 1 heterocycles. The maximum atomic E-state index is 3.32. The van der Waals surface area contributed by atoms with Gasteiger partial charge in [-0.05, 0) is 17.0 Å². The molecule has 37 valence electrons. The molecule has 0 spiro atoms. The Hall–Kier alpha value is 0.180. The van der Waals surface area contributed by atoms with Crippen LogP contribution in [0.2, 0.25) is 0 Å². The second kappa shape index (κ2) is 2.48. The summed E-state index contributed by atoms with van der Waals surface area (Å²) in [4.78, 5) is 0. The van der Waals surface area contributed by atoms with Crippen molar-refractivity contribution >= 4 is 27.3 Å². The first-order valence-electron chi connectivity index (χ1n) is 1.93. The van der Waals surface area contributed by atoms with Gasteiger partial charge in [0.25, 0.3) is 0 Å². The van der Waals surface area contributed by atoms with Crippen molar-refractivity contribution in [1.29, 1.82) is 0 Å². The minimum absolute atomic E-state index is 0.951. The minimum Gasteiger partial charge on any atom is -0.143 e. The summed E-state index contributed by atoms with van der Waals surface area (Å²) in [5.74, 6) is 0. The van der Waals surface area contributed by atoms with Crippen molar-refractivity contribution in [3.05, 3.63) is 22.4 Å². The molecular formula is C5H4BrS. The van der Waals surface area contributed by atoms with Crippen LogP contribution in [0.25, 0.3) is 0 Å². The highest BCUT2D eigenvalue weighted by atomic mass is 79.9. The second-order valence-corrected chi connectivity index (χ2v) is 2.47. The predicted molar refractivity (Wildman–Crippen MR) is 35.8 cm³/mol. The van der Waals surface area contributed by atoms with Crippen molar-refractivity contribution in [2.45, 2.75) is 5.33 Å². The Morgan fingerprint density at radius 2 is 2.71 bits per heavy atom. The molecular weight excluding hydrogens is 172 g/mol. The van der Waals surface area contributed by atoms with Crippen molar-refractivity contribution in [1.82, 2.24) is 0 Å². The Morgan fingerprint density at radius 3 is 3.00 bits per heavy atom. The molecule has 0 aliphatic heterocycles. The van der Waals surface area contributed by atoms with Gasteiger partial charge in [-0.15, -0.1) is 11.3 Å². The van der Waals surface area contributed by atoms with Crippen LogP contribution in [0.4, 0.5) is 0 Å². The molecule has 0 aliphatic carbocycles. The molecule has 0 aromatic carbocycles. The number of hydrogen-bond donors (Lipinski definition) is 0. The van der Waals surface area contributed by atoms with Crippen LogP contribution in [0.3, 0.4) is 0 Å². The Labute approximate surface area is 55.3 Å². The van der Waals surface area contributed by atoms with Crippen molar-refractivity contribution in [2.24, 2.45) is 0 Å². The van der Waals surface area contributed by atoms with Crippen LogP contribution in [0.5, 0.6) is 0 Å². The van der Waals surface area contributed by atoms with E-state index < -0.39 is 0 Å². The van der Waals surface area contributed by atoms with E-state index in [1.54, 1.807) is 11.3 Å². The van der Waals surface area contributed by atoms with Gasteiger partial charge in [-0.25, -0.2) is 0 Å². The molecule has 2 heteroatoms. The van der Waals surface area contributed by atoms with E-state index in [2.05, 4.69) is 26.7 Å². The minimum atomic E-state index is 0.951. The summed E-state index contributed by atoms with van der Waals surface area (Å²) >= 11 is 4.93. The topological polar surface area (TPSA) is 0 Å². The van der Waals surface area contributed by atoms with Crippen LogP contribution >= 0.6 is 27.3 Å². The molecule has 0 fully saturated rings. The highest BCUT2D eigenvalue weighted by Gasteiger charge is 1.84. The van der Waals surface area contributed by atoms with E-state index in [1.165, 1.54) is 5.56 Å². The normalized spacial score (nSPS) is 9.29. The SMILES string of the molecule is BrCc1c[c]sc1. The number of rotatable bonds is 1. The molecule has 0 aliphatic rings. The van der Waals surface area contributed by atoms with Crippen LogP contribution in [-0.4, -0.2) is 0 Å². The van der Waals surface area contributed by atoms with Gasteiger partial charge in [-0.3, -0.25) is 0 Å². The molecule has 1 rings (SSSR count). The summed E-state index contributed by atoms with van der Waals surface area (Å²) in [6.07, 6.45) is 0. The van der Waals surface area contributed by atoms with E-state index in [0.29, 0.717) is 0 Å². The lowest BCUT2D eigenvalue weighted by Crippen LogP contribution is -1.61. The monoisotopic (exact) mass is 175 g/mol. The van der Waals surface area contributed by atoms with E-state index >= 15 is 0 Å². The molecule has 0 unspecified atom stereocenters. The number of thiophene rings is 1. The third-order valence-electron chi connectivity index (χ3n) is 0.677. The highest BCUT2D eigenvalue weighted by molar-refractivity contribution is 9.08. The average molecular weight is 176 g/mol. The lowest BCUT2D eigenvalue weighted by atomic mass is 10.4. The van der Waals surface area contributed by atoms with Crippen LogP contribution in [0, 0.1) is 5.38 Å². The smallest absolute Gasteiger partial charge is 0.0445 e. The van der Waals surface area contributed by atoms with Crippen LogP contribution in [0.15, 0.2) is 11.4 Å². The zero-order valence-corrected chi connectivity index (χ0v) is 6.05. The average Bonchev–Trinajstić information content (AvgIpc) is 2.14. The van der Waals surface area contributed by atoms with Gasteiger partial charge in [0, 0.05) is 10.7 Å². The van der Waals surface area contributed by atoms with E-state index in [9.17, 15) is 0 Å². The predicted octanol–water partition coefficient (Wildman–Crippen LogP) is 2.44. The van der Waals surface area contributed by atoms with Gasteiger partial charge in [-0.1, -0.05) is 15.9 Å². The molecule has 1 radical (unpaired) electrons. The third kappa shape index (κ3) is 1.28. The van der Waals surface area contributed by atoms with Crippen molar-refractivity contribution in [2.75, 3.05) is 0 Å².